The van der Waals surface area contributed by atoms with E-state index < -0.39 is 27.1 Å². The van der Waals surface area contributed by atoms with Gasteiger partial charge < -0.3 is 14.8 Å². The second-order valence-corrected chi connectivity index (χ2v) is 7.78. The summed E-state index contributed by atoms with van der Waals surface area (Å²) in [5.74, 6) is -1.08. The number of nitrogens with one attached hydrogen (secondary N) is 1. The van der Waals surface area contributed by atoms with Crippen LogP contribution >= 0.6 is 23.2 Å². The zero-order chi connectivity index (χ0) is 26.4. The molecule has 0 spiro atoms. The summed E-state index contributed by atoms with van der Waals surface area (Å²) in [5, 5.41) is 34.8. The number of amides is 1. The summed E-state index contributed by atoms with van der Waals surface area (Å²) in [6.07, 6.45) is 1.26. The lowest BCUT2D eigenvalue weighted by molar-refractivity contribution is -0.394. The Kier molecular flexibility index (Phi) is 8.06. The van der Waals surface area contributed by atoms with E-state index in [0.717, 1.165) is 18.2 Å². The lowest BCUT2D eigenvalue weighted by Crippen LogP contribution is -2.13. The first-order chi connectivity index (χ1) is 17.1. The standard InChI is InChI=1S/C23H14Cl2N4O7/c1-35-21-10-13(8-14(12-26)23(30)27-16-4-2-15(24)3-5-16)9-18(25)22(21)36-20-7-6-17(28(31)32)11-19(20)29(33)34/h2-11H,1H3,(H,27,30)/b14-8+. The first kappa shape index (κ1) is 26.0. The Morgan fingerprint density at radius 3 is 2.31 bits per heavy atom. The van der Waals surface area contributed by atoms with Gasteiger partial charge in [-0.05, 0) is 54.1 Å². The van der Waals surface area contributed by atoms with Crippen LogP contribution in [0.2, 0.25) is 10.0 Å². The van der Waals surface area contributed by atoms with Gasteiger partial charge in [-0.25, -0.2) is 0 Å². The minimum atomic E-state index is -0.835. The number of rotatable bonds is 8. The van der Waals surface area contributed by atoms with Crippen molar-refractivity contribution in [3.05, 3.63) is 96.0 Å². The number of hydrogen-bond acceptors (Lipinski definition) is 8. The molecule has 0 radical (unpaired) electrons. The molecule has 0 saturated carbocycles. The van der Waals surface area contributed by atoms with E-state index in [4.69, 9.17) is 32.7 Å². The first-order valence-electron chi connectivity index (χ1n) is 9.80. The molecule has 0 aliphatic heterocycles. The predicted molar refractivity (Wildman–Crippen MR) is 132 cm³/mol. The Labute approximate surface area is 213 Å². The van der Waals surface area contributed by atoms with Gasteiger partial charge in [0.2, 0.25) is 5.75 Å². The van der Waals surface area contributed by atoms with Gasteiger partial charge in [-0.1, -0.05) is 23.2 Å². The van der Waals surface area contributed by atoms with Crippen LogP contribution in [-0.4, -0.2) is 22.9 Å². The van der Waals surface area contributed by atoms with Gasteiger partial charge in [0.1, 0.15) is 11.6 Å². The predicted octanol–water partition coefficient (Wildman–Crippen LogP) is 6.16. The van der Waals surface area contributed by atoms with Crippen LogP contribution in [0.5, 0.6) is 17.2 Å². The van der Waals surface area contributed by atoms with Gasteiger partial charge in [0.15, 0.2) is 11.5 Å². The van der Waals surface area contributed by atoms with Crippen molar-refractivity contribution in [3.8, 4) is 23.3 Å². The van der Waals surface area contributed by atoms with Gasteiger partial charge in [0.25, 0.3) is 11.6 Å². The third kappa shape index (κ3) is 6.06. The number of ether oxygens (including phenoxy) is 2. The quantitative estimate of drug-likeness (QED) is 0.157. The molecule has 0 aliphatic rings. The highest BCUT2D eigenvalue weighted by atomic mass is 35.5. The van der Waals surface area contributed by atoms with Crippen molar-refractivity contribution >= 4 is 52.2 Å². The molecule has 0 bridgehead atoms. The smallest absolute Gasteiger partial charge is 0.318 e. The zero-order valence-corrected chi connectivity index (χ0v) is 19.7. The fourth-order valence-electron chi connectivity index (χ4n) is 2.93. The fraction of sp³-hybridized carbons (Fsp3) is 0.0435. The summed E-state index contributed by atoms with van der Waals surface area (Å²) in [7, 11) is 1.29. The number of methoxy groups -OCH3 is 1. The van der Waals surface area contributed by atoms with Crippen molar-refractivity contribution in [2.24, 2.45) is 0 Å². The normalized spacial score (nSPS) is 10.8. The van der Waals surface area contributed by atoms with Gasteiger partial charge in [0, 0.05) is 16.8 Å². The average molecular weight is 529 g/mol. The Hall–Kier alpha value is -4.66. The van der Waals surface area contributed by atoms with E-state index >= 15 is 0 Å². The molecular formula is C23H14Cl2N4O7. The molecule has 36 heavy (non-hydrogen) atoms. The minimum absolute atomic E-state index is 0.0248. The topological polar surface area (TPSA) is 158 Å². The van der Waals surface area contributed by atoms with Crippen LogP contribution in [-0.2, 0) is 4.79 Å². The van der Waals surface area contributed by atoms with Crippen LogP contribution in [0.3, 0.4) is 0 Å². The second-order valence-electron chi connectivity index (χ2n) is 6.93. The van der Waals surface area contributed by atoms with E-state index in [2.05, 4.69) is 5.32 Å². The Bertz CT molecular complexity index is 1430. The molecule has 0 fully saturated rings. The summed E-state index contributed by atoms with van der Waals surface area (Å²) >= 11 is 12.1. The highest BCUT2D eigenvalue weighted by molar-refractivity contribution is 6.32. The number of nitro benzene ring substituents is 2. The molecule has 0 unspecified atom stereocenters. The largest absolute Gasteiger partial charge is 0.493 e. The van der Waals surface area contributed by atoms with E-state index in [1.807, 2.05) is 0 Å². The maximum absolute atomic E-state index is 12.5. The fourth-order valence-corrected chi connectivity index (χ4v) is 3.31. The summed E-state index contributed by atoms with van der Waals surface area (Å²) < 4.78 is 10.9. The van der Waals surface area contributed by atoms with Crippen molar-refractivity contribution in [2.75, 3.05) is 12.4 Å². The molecule has 0 saturated heterocycles. The van der Waals surface area contributed by atoms with Gasteiger partial charge in [-0.15, -0.1) is 0 Å². The number of carbonyl (C=O) groups is 1. The summed E-state index contributed by atoms with van der Waals surface area (Å²) in [4.78, 5) is 33.3. The lowest BCUT2D eigenvalue weighted by Gasteiger charge is -2.13. The number of non-ortho nitro benzene ring substituents is 1. The van der Waals surface area contributed by atoms with Gasteiger partial charge >= 0.3 is 5.69 Å². The molecule has 0 aliphatic carbocycles. The van der Waals surface area contributed by atoms with Crippen molar-refractivity contribution < 1.29 is 24.1 Å². The molecule has 3 rings (SSSR count). The Morgan fingerprint density at radius 2 is 1.72 bits per heavy atom. The van der Waals surface area contributed by atoms with Crippen LogP contribution in [0, 0.1) is 31.6 Å². The number of nitro groups is 2. The van der Waals surface area contributed by atoms with Crippen LogP contribution in [0.25, 0.3) is 6.08 Å². The number of carbonyl (C=O) groups excluding carboxylic acids is 1. The first-order valence-corrected chi connectivity index (χ1v) is 10.6. The molecule has 1 N–H and O–H groups in total. The number of nitrogens with zero attached hydrogens (tertiary/aromatic N) is 3. The lowest BCUT2D eigenvalue weighted by atomic mass is 10.1. The Morgan fingerprint density at radius 1 is 1.03 bits per heavy atom. The molecule has 1 amide bonds. The van der Waals surface area contributed by atoms with Crippen LogP contribution in [0.15, 0.2) is 60.2 Å². The van der Waals surface area contributed by atoms with Crippen molar-refractivity contribution in [2.45, 2.75) is 0 Å². The summed E-state index contributed by atoms with van der Waals surface area (Å²) in [6, 6.07) is 13.7. The second kappa shape index (κ2) is 11.2. The van der Waals surface area contributed by atoms with Gasteiger partial charge in [-0.3, -0.25) is 25.0 Å². The maximum atomic E-state index is 12.5. The van der Waals surface area contributed by atoms with Crippen LogP contribution in [0.1, 0.15) is 5.56 Å². The molecule has 0 atom stereocenters. The molecule has 3 aromatic rings. The maximum Gasteiger partial charge on any atom is 0.318 e. The molecule has 0 heterocycles. The number of anilines is 1. The molecular weight excluding hydrogens is 515 g/mol. The minimum Gasteiger partial charge on any atom is -0.493 e. The number of halogens is 2. The van der Waals surface area contributed by atoms with E-state index in [0.29, 0.717) is 16.3 Å². The van der Waals surface area contributed by atoms with E-state index in [1.165, 1.54) is 25.3 Å². The van der Waals surface area contributed by atoms with Crippen molar-refractivity contribution in [3.63, 3.8) is 0 Å². The van der Waals surface area contributed by atoms with E-state index in [1.54, 1.807) is 30.3 Å². The monoisotopic (exact) mass is 528 g/mol. The van der Waals surface area contributed by atoms with Gasteiger partial charge in [-0.2, -0.15) is 5.26 Å². The zero-order valence-electron chi connectivity index (χ0n) is 18.2. The van der Waals surface area contributed by atoms with Crippen LogP contribution in [0.4, 0.5) is 17.1 Å². The van der Waals surface area contributed by atoms with E-state index in [9.17, 15) is 30.3 Å². The highest BCUT2D eigenvalue weighted by Crippen LogP contribution is 2.43. The molecule has 182 valence electrons. The number of nitriles is 1. The molecule has 3 aromatic carbocycles. The van der Waals surface area contributed by atoms with Crippen molar-refractivity contribution in [1.29, 1.82) is 5.26 Å². The van der Waals surface area contributed by atoms with E-state index in [-0.39, 0.29) is 27.8 Å². The average Bonchev–Trinajstić information content (AvgIpc) is 2.85. The molecule has 13 heteroatoms. The van der Waals surface area contributed by atoms with Gasteiger partial charge in [0.05, 0.1) is 28.0 Å². The Balaban J connectivity index is 1.94. The SMILES string of the molecule is COc1cc(/C=C(\C#N)C(=O)Nc2ccc(Cl)cc2)cc(Cl)c1Oc1ccc([N+](=O)[O-])cc1[N+](=O)[O-]. The number of hydrogen-bond donors (Lipinski definition) is 1. The highest BCUT2D eigenvalue weighted by Gasteiger charge is 2.23. The van der Waals surface area contributed by atoms with Crippen LogP contribution < -0.4 is 14.8 Å². The third-order valence-electron chi connectivity index (χ3n) is 4.59. The van der Waals surface area contributed by atoms with Crippen molar-refractivity contribution in [1.82, 2.24) is 0 Å². The molecule has 0 aromatic heterocycles. The third-order valence-corrected chi connectivity index (χ3v) is 5.12. The number of benzene rings is 3. The molecule has 11 nitrogen and oxygen atoms in total. The summed E-state index contributed by atoms with van der Waals surface area (Å²) in [5.41, 5.74) is -0.673. The summed E-state index contributed by atoms with van der Waals surface area (Å²) in [6.45, 7) is 0.